The molecule has 0 radical (unpaired) electrons. The van der Waals surface area contributed by atoms with Crippen LogP contribution in [0.2, 0.25) is 0 Å². The molecule has 0 amide bonds. The van der Waals surface area contributed by atoms with Crippen molar-refractivity contribution < 1.29 is 46.8 Å². The SMILES string of the molecule is O=NOS(=O)(=O)O.O=N[O-].[Na+]. The van der Waals surface area contributed by atoms with E-state index < -0.39 is 10.4 Å². The van der Waals surface area contributed by atoms with Gasteiger partial charge in [0.1, 0.15) is 0 Å². The Morgan fingerprint density at radius 1 is 1.36 bits per heavy atom. The Morgan fingerprint density at radius 3 is 1.64 bits per heavy atom. The summed E-state index contributed by atoms with van der Waals surface area (Å²) in [6, 6.07) is 0. The van der Waals surface area contributed by atoms with Crippen molar-refractivity contribution in [1.82, 2.24) is 0 Å². The van der Waals surface area contributed by atoms with E-state index in [1.54, 1.807) is 0 Å². The van der Waals surface area contributed by atoms with Crippen LogP contribution in [0.5, 0.6) is 0 Å². The van der Waals surface area contributed by atoms with Crippen LogP contribution < -0.4 is 29.6 Å². The summed E-state index contributed by atoms with van der Waals surface area (Å²) in [5.41, 5.74) is 0. The molecule has 0 bridgehead atoms. The van der Waals surface area contributed by atoms with E-state index >= 15 is 0 Å². The smallest absolute Gasteiger partial charge is 0.444 e. The van der Waals surface area contributed by atoms with E-state index in [0.29, 0.717) is 0 Å². The molecule has 11 heavy (non-hydrogen) atoms. The van der Waals surface area contributed by atoms with E-state index in [9.17, 15) is 8.42 Å². The van der Waals surface area contributed by atoms with Gasteiger partial charge in [-0.15, -0.1) is 10.2 Å². The number of hydrogen-bond donors (Lipinski definition) is 1. The molecule has 0 saturated heterocycles. The molecule has 0 aromatic rings. The Morgan fingerprint density at radius 2 is 1.64 bits per heavy atom. The van der Waals surface area contributed by atoms with Gasteiger partial charge >= 0.3 is 40.0 Å². The predicted molar refractivity (Wildman–Crippen MR) is 27.6 cm³/mol. The van der Waals surface area contributed by atoms with Gasteiger partial charge in [-0.1, -0.05) is 0 Å². The first-order chi connectivity index (χ1) is 4.47. The van der Waals surface area contributed by atoms with Crippen LogP contribution in [0.4, 0.5) is 0 Å². The molecule has 0 heterocycles. The third kappa shape index (κ3) is 41.9. The first-order valence-corrected chi connectivity index (χ1v) is 2.78. The standard InChI is InChI=1S/HNO5S.HNO2.Na/c2-1-6-7(3,4)5;2-1-3;/h(H,3,4,5);(H,2,3);/q;;+1/p-1. The molecule has 0 spiro atoms. The van der Waals surface area contributed by atoms with Crippen LogP contribution in [0.3, 0.4) is 0 Å². The third-order valence-corrected chi connectivity index (χ3v) is 0.374. The fourth-order valence-electron chi connectivity index (χ4n) is 0.0385. The van der Waals surface area contributed by atoms with Gasteiger partial charge in [-0.3, -0.25) is 4.55 Å². The first-order valence-electron chi connectivity index (χ1n) is 1.41. The van der Waals surface area contributed by atoms with Gasteiger partial charge in [0.05, 0.1) is 0 Å². The van der Waals surface area contributed by atoms with Gasteiger partial charge < -0.3 is 10.1 Å². The summed E-state index contributed by atoms with van der Waals surface area (Å²) >= 11 is 0. The van der Waals surface area contributed by atoms with E-state index in [1.807, 2.05) is 0 Å². The van der Waals surface area contributed by atoms with E-state index in [1.165, 1.54) is 5.34 Å². The molecule has 60 valence electrons. The molecule has 0 saturated carbocycles. The summed E-state index contributed by atoms with van der Waals surface area (Å²) in [6.07, 6.45) is 0. The maximum absolute atomic E-state index is 9.27. The quantitative estimate of drug-likeness (QED) is 0.211. The zero-order chi connectivity index (χ0) is 8.62. The Labute approximate surface area is 82.8 Å². The summed E-state index contributed by atoms with van der Waals surface area (Å²) < 4.78 is 28.8. The van der Waals surface area contributed by atoms with Crippen LogP contribution in [-0.2, 0) is 14.7 Å². The van der Waals surface area contributed by atoms with Gasteiger partial charge in [0.25, 0.3) is 0 Å². The van der Waals surface area contributed by atoms with Crippen LogP contribution in [0.1, 0.15) is 0 Å². The number of nitrogens with zero attached hydrogens (tertiary/aromatic N) is 2. The normalized spacial score (nSPS) is 7.73. The van der Waals surface area contributed by atoms with Crippen molar-refractivity contribution in [3.63, 3.8) is 0 Å². The van der Waals surface area contributed by atoms with Gasteiger partial charge in [-0.2, -0.15) is 8.42 Å². The minimum Gasteiger partial charge on any atom is -0.444 e. The minimum absolute atomic E-state index is 0. The molecule has 0 rings (SSSR count). The van der Waals surface area contributed by atoms with Crippen LogP contribution in [-0.4, -0.2) is 13.0 Å². The van der Waals surface area contributed by atoms with Gasteiger partial charge in [0.2, 0.25) is 0 Å². The molecule has 0 aromatic heterocycles. The van der Waals surface area contributed by atoms with Crippen molar-refractivity contribution in [2.75, 3.05) is 0 Å². The maximum Gasteiger partial charge on any atom is 1.00 e. The number of hydrogen-bond acceptors (Lipinski definition) is 8. The molecule has 0 aliphatic carbocycles. The third-order valence-electron chi connectivity index (χ3n) is 0.125. The molecule has 1 N–H and O–H groups in total. The zero-order valence-electron chi connectivity index (χ0n) is 5.20. The molecular weight excluding hydrogens is 195 g/mol. The van der Waals surface area contributed by atoms with E-state index in [-0.39, 0.29) is 29.6 Å². The van der Waals surface area contributed by atoms with Gasteiger partial charge in [-0.25, -0.2) is 4.28 Å². The van der Waals surface area contributed by atoms with E-state index in [0.717, 1.165) is 5.34 Å². The molecule has 0 fully saturated rings. The topological polar surface area (TPSA) is 146 Å². The Kier molecular flexibility index (Phi) is 15.0. The second-order valence-corrected chi connectivity index (χ2v) is 1.66. The van der Waals surface area contributed by atoms with Crippen LogP contribution in [0.25, 0.3) is 0 Å². The Hall–Kier alpha value is -0.290. The molecule has 0 aliphatic heterocycles. The first kappa shape index (κ1) is 17.0. The van der Waals surface area contributed by atoms with Crippen LogP contribution >= 0.6 is 0 Å². The molecule has 0 unspecified atom stereocenters. The van der Waals surface area contributed by atoms with Crippen molar-refractivity contribution in [3.05, 3.63) is 15.0 Å². The molecule has 0 atom stereocenters. The average Bonchev–Trinajstić information content (AvgIpc) is 1.63. The van der Waals surface area contributed by atoms with E-state index in [2.05, 4.69) is 4.28 Å². The fraction of sp³-hybridized carbons (Fsp3) is 0. The van der Waals surface area contributed by atoms with Crippen molar-refractivity contribution in [2.24, 2.45) is 10.7 Å². The Bertz CT molecular complexity index is 183. The Balaban J connectivity index is -0.000000140. The van der Waals surface area contributed by atoms with Crippen molar-refractivity contribution in [1.29, 1.82) is 0 Å². The van der Waals surface area contributed by atoms with Crippen molar-refractivity contribution in [2.45, 2.75) is 0 Å². The van der Waals surface area contributed by atoms with Gasteiger partial charge in [0.15, 0.2) is 5.34 Å². The molecule has 0 aromatic carbocycles. The maximum atomic E-state index is 9.27. The van der Waals surface area contributed by atoms with Crippen molar-refractivity contribution in [3.8, 4) is 0 Å². The summed E-state index contributed by atoms with van der Waals surface area (Å²) in [6.45, 7) is 0. The van der Waals surface area contributed by atoms with Gasteiger partial charge in [0, 0.05) is 0 Å². The molecule has 11 heteroatoms. The second kappa shape index (κ2) is 9.71. The molecule has 0 aliphatic rings. The monoisotopic (exact) mass is 196 g/mol. The average molecular weight is 196 g/mol. The van der Waals surface area contributed by atoms with Crippen LogP contribution in [0.15, 0.2) is 10.7 Å². The zero-order valence-corrected chi connectivity index (χ0v) is 8.02. The molecule has 9 nitrogen and oxygen atoms in total. The largest absolute Gasteiger partial charge is 1.00 e. The fourth-order valence-corrected chi connectivity index (χ4v) is 0.115. The van der Waals surface area contributed by atoms with E-state index in [4.69, 9.17) is 19.6 Å². The summed E-state index contributed by atoms with van der Waals surface area (Å²) in [7, 11) is -4.65. The van der Waals surface area contributed by atoms with Crippen molar-refractivity contribution >= 4 is 10.4 Å². The summed E-state index contributed by atoms with van der Waals surface area (Å²) in [5, 5.41) is 10.4. The minimum atomic E-state index is -4.65. The molecular formula is HN2NaO7S. The summed E-state index contributed by atoms with van der Waals surface area (Å²) in [4.78, 5) is 16.8. The number of rotatable bonds is 2. The second-order valence-electron chi connectivity index (χ2n) is 0.651. The summed E-state index contributed by atoms with van der Waals surface area (Å²) in [5.74, 6) is 0. The predicted octanol–water partition coefficient (Wildman–Crippen LogP) is -3.26. The van der Waals surface area contributed by atoms with Crippen LogP contribution in [0, 0.1) is 15.0 Å². The van der Waals surface area contributed by atoms with Gasteiger partial charge in [-0.05, 0) is 0 Å².